The largest absolute Gasteiger partial charge is 0.497 e. The highest BCUT2D eigenvalue weighted by Crippen LogP contribution is 2.18. The molecule has 1 atom stereocenters. The van der Waals surface area contributed by atoms with Crippen molar-refractivity contribution >= 4 is 34.4 Å². The van der Waals surface area contributed by atoms with Gasteiger partial charge >= 0.3 is 0 Å². The van der Waals surface area contributed by atoms with E-state index in [4.69, 9.17) is 9.47 Å². The van der Waals surface area contributed by atoms with Crippen LogP contribution in [0.25, 0.3) is 0 Å². The van der Waals surface area contributed by atoms with Crippen LogP contribution in [-0.2, 0) is 16.1 Å². The second-order valence-electron chi connectivity index (χ2n) is 7.18. The van der Waals surface area contributed by atoms with Gasteiger partial charge in [-0.3, -0.25) is 9.59 Å². The first-order chi connectivity index (χ1) is 15.0. The van der Waals surface area contributed by atoms with Crippen LogP contribution in [0.4, 0.5) is 0 Å². The quantitative estimate of drug-likeness (QED) is 0.322. The molecule has 0 saturated heterocycles. The minimum atomic E-state index is -0.573. The van der Waals surface area contributed by atoms with Crippen LogP contribution in [0.3, 0.4) is 0 Å². The minimum absolute atomic E-state index is 0.136. The third-order valence-electron chi connectivity index (χ3n) is 4.88. The molecule has 2 amide bonds. The molecular weight excluding hydrogens is 507 g/mol. The summed E-state index contributed by atoms with van der Waals surface area (Å²) in [6, 6.07) is 14.5. The number of rotatable bonds is 12. The lowest BCUT2D eigenvalue weighted by atomic mass is 10.1. The highest BCUT2D eigenvalue weighted by molar-refractivity contribution is 14.1. The average molecular weight is 538 g/mol. The van der Waals surface area contributed by atoms with E-state index in [1.165, 1.54) is 0 Å². The lowest BCUT2D eigenvalue weighted by Gasteiger charge is -2.30. The summed E-state index contributed by atoms with van der Waals surface area (Å²) in [6.07, 6.45) is 2.41. The van der Waals surface area contributed by atoms with E-state index in [0.717, 1.165) is 22.0 Å². The van der Waals surface area contributed by atoms with Crippen molar-refractivity contribution in [2.24, 2.45) is 0 Å². The standard InChI is InChI=1S/C24H31IN2O4/c1-4-6-14-26-24(29)22(5-2)27(16-18-8-7-9-21(15-18)30-3)23(28)17-31-20-12-10-19(25)11-13-20/h7-13,15,22H,4-6,14,16-17H2,1-3H3,(H,26,29)/t22-/m0/s1. The van der Waals surface area contributed by atoms with Crippen molar-refractivity contribution < 1.29 is 19.1 Å². The number of carbonyl (C=O) groups excluding carboxylic acids is 2. The molecular formula is C24H31IN2O4. The Balaban J connectivity index is 2.18. The number of halogens is 1. The molecule has 0 saturated carbocycles. The van der Waals surface area contributed by atoms with Gasteiger partial charge in [0.1, 0.15) is 17.5 Å². The molecule has 0 aliphatic heterocycles. The van der Waals surface area contributed by atoms with Crippen LogP contribution in [0.2, 0.25) is 0 Å². The summed E-state index contributed by atoms with van der Waals surface area (Å²) >= 11 is 2.22. The fourth-order valence-corrected chi connectivity index (χ4v) is 3.51. The monoisotopic (exact) mass is 538 g/mol. The molecule has 0 aliphatic carbocycles. The summed E-state index contributed by atoms with van der Waals surface area (Å²) in [6.45, 7) is 4.75. The van der Waals surface area contributed by atoms with Gasteiger partial charge in [0.2, 0.25) is 5.91 Å². The van der Waals surface area contributed by atoms with Gasteiger partial charge in [-0.25, -0.2) is 0 Å². The van der Waals surface area contributed by atoms with Crippen LogP contribution >= 0.6 is 22.6 Å². The molecule has 168 valence electrons. The molecule has 2 aromatic carbocycles. The molecule has 0 radical (unpaired) electrons. The zero-order chi connectivity index (χ0) is 22.6. The molecule has 0 unspecified atom stereocenters. The van der Waals surface area contributed by atoms with Crippen molar-refractivity contribution in [2.75, 3.05) is 20.3 Å². The van der Waals surface area contributed by atoms with Gasteiger partial charge in [-0.05, 0) is 77.4 Å². The van der Waals surface area contributed by atoms with Gasteiger partial charge in [0.15, 0.2) is 6.61 Å². The number of hydrogen-bond donors (Lipinski definition) is 1. The minimum Gasteiger partial charge on any atom is -0.497 e. The van der Waals surface area contributed by atoms with Crippen molar-refractivity contribution in [1.29, 1.82) is 0 Å². The molecule has 2 aromatic rings. The van der Waals surface area contributed by atoms with E-state index >= 15 is 0 Å². The van der Waals surface area contributed by atoms with Crippen molar-refractivity contribution in [3.8, 4) is 11.5 Å². The summed E-state index contributed by atoms with van der Waals surface area (Å²) < 4.78 is 12.1. The van der Waals surface area contributed by atoms with Crippen molar-refractivity contribution in [3.63, 3.8) is 0 Å². The number of benzene rings is 2. The first kappa shape index (κ1) is 25.0. The van der Waals surface area contributed by atoms with Gasteiger partial charge in [0, 0.05) is 16.7 Å². The second kappa shape index (κ2) is 13.2. The first-order valence-electron chi connectivity index (χ1n) is 10.6. The van der Waals surface area contributed by atoms with Crippen LogP contribution < -0.4 is 14.8 Å². The Morgan fingerprint density at radius 2 is 1.84 bits per heavy atom. The number of nitrogens with one attached hydrogen (secondary N) is 1. The fourth-order valence-electron chi connectivity index (χ4n) is 3.15. The van der Waals surface area contributed by atoms with Crippen molar-refractivity contribution in [1.82, 2.24) is 10.2 Å². The maximum Gasteiger partial charge on any atom is 0.261 e. The lowest BCUT2D eigenvalue weighted by molar-refractivity contribution is -0.143. The predicted octanol–water partition coefficient (Wildman–Crippen LogP) is 4.40. The summed E-state index contributed by atoms with van der Waals surface area (Å²) in [7, 11) is 1.60. The summed E-state index contributed by atoms with van der Waals surface area (Å²) in [5.41, 5.74) is 0.891. The number of carbonyl (C=O) groups is 2. The maximum atomic E-state index is 13.2. The lowest BCUT2D eigenvalue weighted by Crippen LogP contribution is -2.50. The Morgan fingerprint density at radius 1 is 1.10 bits per heavy atom. The van der Waals surface area contributed by atoms with Gasteiger partial charge in [0.05, 0.1) is 7.11 Å². The highest BCUT2D eigenvalue weighted by Gasteiger charge is 2.28. The van der Waals surface area contributed by atoms with E-state index in [1.807, 2.05) is 55.5 Å². The smallest absolute Gasteiger partial charge is 0.261 e. The van der Waals surface area contributed by atoms with Gasteiger partial charge in [-0.15, -0.1) is 0 Å². The van der Waals surface area contributed by atoms with Gasteiger partial charge < -0.3 is 19.7 Å². The number of amides is 2. The van der Waals surface area contributed by atoms with Crippen molar-refractivity contribution in [3.05, 3.63) is 57.7 Å². The second-order valence-corrected chi connectivity index (χ2v) is 8.43. The van der Waals surface area contributed by atoms with Gasteiger partial charge in [-0.2, -0.15) is 0 Å². The van der Waals surface area contributed by atoms with Crippen molar-refractivity contribution in [2.45, 2.75) is 45.7 Å². The number of nitrogens with zero attached hydrogens (tertiary/aromatic N) is 1. The molecule has 2 rings (SSSR count). The number of ether oxygens (including phenoxy) is 2. The Bertz CT molecular complexity index is 842. The van der Waals surface area contributed by atoms with E-state index in [1.54, 1.807) is 12.0 Å². The van der Waals surface area contributed by atoms with E-state index in [0.29, 0.717) is 31.0 Å². The SMILES string of the molecule is CCCCNC(=O)[C@H](CC)N(Cc1cccc(OC)c1)C(=O)COc1ccc(I)cc1. The van der Waals surface area contributed by atoms with Crippen LogP contribution in [0.5, 0.6) is 11.5 Å². The summed E-state index contributed by atoms with van der Waals surface area (Å²) in [5, 5.41) is 2.96. The Morgan fingerprint density at radius 3 is 2.48 bits per heavy atom. The first-order valence-corrected chi connectivity index (χ1v) is 11.6. The van der Waals surface area contributed by atoms with E-state index in [-0.39, 0.29) is 18.4 Å². The van der Waals surface area contributed by atoms with Crippen LogP contribution in [0, 0.1) is 3.57 Å². The van der Waals surface area contributed by atoms with Gasteiger partial charge in [0.25, 0.3) is 5.91 Å². The molecule has 0 aliphatic rings. The third-order valence-corrected chi connectivity index (χ3v) is 5.60. The third kappa shape index (κ3) is 8.05. The van der Waals surface area contributed by atoms with Crippen LogP contribution in [0.15, 0.2) is 48.5 Å². The molecule has 7 heteroatoms. The zero-order valence-corrected chi connectivity index (χ0v) is 20.6. The molecule has 0 bridgehead atoms. The molecule has 0 aromatic heterocycles. The predicted molar refractivity (Wildman–Crippen MR) is 130 cm³/mol. The molecule has 1 N–H and O–H groups in total. The Hall–Kier alpha value is -2.29. The molecule has 0 fully saturated rings. The highest BCUT2D eigenvalue weighted by atomic mass is 127. The summed E-state index contributed by atoms with van der Waals surface area (Å²) in [5.74, 6) is 0.955. The topological polar surface area (TPSA) is 67.9 Å². The number of methoxy groups -OCH3 is 1. The molecule has 0 spiro atoms. The fraction of sp³-hybridized carbons (Fsp3) is 0.417. The Labute approximate surface area is 198 Å². The Kier molecular flexibility index (Phi) is 10.6. The average Bonchev–Trinajstić information content (AvgIpc) is 2.78. The molecule has 0 heterocycles. The summed E-state index contributed by atoms with van der Waals surface area (Å²) in [4.78, 5) is 27.6. The number of unbranched alkanes of at least 4 members (excludes halogenated alkanes) is 1. The number of hydrogen-bond acceptors (Lipinski definition) is 4. The van der Waals surface area contributed by atoms with E-state index < -0.39 is 6.04 Å². The zero-order valence-electron chi connectivity index (χ0n) is 18.4. The van der Waals surface area contributed by atoms with Crippen LogP contribution in [-0.4, -0.2) is 43.0 Å². The van der Waals surface area contributed by atoms with E-state index in [9.17, 15) is 9.59 Å². The maximum absolute atomic E-state index is 13.2. The molecule has 6 nitrogen and oxygen atoms in total. The molecule has 31 heavy (non-hydrogen) atoms. The normalized spacial score (nSPS) is 11.5. The van der Waals surface area contributed by atoms with Crippen LogP contribution in [0.1, 0.15) is 38.7 Å². The van der Waals surface area contributed by atoms with Gasteiger partial charge in [-0.1, -0.05) is 32.4 Å². The van der Waals surface area contributed by atoms with E-state index in [2.05, 4.69) is 34.8 Å².